The highest BCUT2D eigenvalue weighted by Gasteiger charge is 2.09. The van der Waals surface area contributed by atoms with Gasteiger partial charge in [-0.25, -0.2) is 0 Å². The summed E-state index contributed by atoms with van der Waals surface area (Å²) in [6, 6.07) is 8.56. The quantitative estimate of drug-likeness (QED) is 0.516. The van der Waals surface area contributed by atoms with Crippen LogP contribution in [0.3, 0.4) is 0 Å². The summed E-state index contributed by atoms with van der Waals surface area (Å²) in [5, 5.41) is 4.44. The predicted octanol–water partition coefficient (Wildman–Crippen LogP) is 4.23. The fourth-order valence-corrected chi connectivity index (χ4v) is 3.16. The van der Waals surface area contributed by atoms with E-state index in [0.29, 0.717) is 6.04 Å². The van der Waals surface area contributed by atoms with E-state index in [1.807, 2.05) is 30.0 Å². The van der Waals surface area contributed by atoms with Crippen LogP contribution in [0, 0.1) is 0 Å². The first-order valence-corrected chi connectivity index (χ1v) is 8.24. The summed E-state index contributed by atoms with van der Waals surface area (Å²) in [6.45, 7) is 4.10. The van der Waals surface area contributed by atoms with Crippen molar-refractivity contribution in [1.82, 2.24) is 5.32 Å². The Labute approximate surface area is 126 Å². The number of methoxy groups -OCH3 is 1. The lowest BCUT2D eigenvalue weighted by molar-refractivity contribution is 0.189. The zero-order chi connectivity index (χ0) is 13.9. The standard InChI is InChI=1S/C15H24ClNOS/c1-3-10-17-13(7-6-11-18-2)12-19-15-9-5-4-8-14(15)16/h4-5,8-9,13,17H,3,6-7,10-12H2,1-2H3. The molecule has 1 aromatic carbocycles. The normalized spacial score (nSPS) is 12.6. The van der Waals surface area contributed by atoms with E-state index in [0.717, 1.165) is 43.2 Å². The summed E-state index contributed by atoms with van der Waals surface area (Å²) in [6.07, 6.45) is 3.41. The summed E-state index contributed by atoms with van der Waals surface area (Å²) in [4.78, 5) is 1.17. The number of nitrogens with one attached hydrogen (secondary N) is 1. The monoisotopic (exact) mass is 301 g/mol. The van der Waals surface area contributed by atoms with E-state index in [2.05, 4.69) is 18.3 Å². The van der Waals surface area contributed by atoms with Crippen molar-refractivity contribution in [3.05, 3.63) is 29.3 Å². The first kappa shape index (κ1) is 16.8. The first-order chi connectivity index (χ1) is 9.27. The third-order valence-electron chi connectivity index (χ3n) is 2.86. The Balaban J connectivity index is 2.40. The van der Waals surface area contributed by atoms with Crippen LogP contribution in [0.2, 0.25) is 5.02 Å². The molecule has 1 rings (SSSR count). The van der Waals surface area contributed by atoms with Gasteiger partial charge in [0.05, 0.1) is 5.02 Å². The van der Waals surface area contributed by atoms with Crippen LogP contribution in [0.15, 0.2) is 29.2 Å². The maximum absolute atomic E-state index is 6.18. The van der Waals surface area contributed by atoms with Crippen molar-refractivity contribution in [2.75, 3.05) is 26.0 Å². The molecule has 0 aromatic heterocycles. The average Bonchev–Trinajstić information content (AvgIpc) is 2.43. The maximum Gasteiger partial charge on any atom is 0.0541 e. The molecule has 0 aliphatic carbocycles. The summed E-state index contributed by atoms with van der Waals surface area (Å²) in [5.41, 5.74) is 0. The van der Waals surface area contributed by atoms with Crippen molar-refractivity contribution in [3.63, 3.8) is 0 Å². The van der Waals surface area contributed by atoms with Crippen LogP contribution < -0.4 is 5.32 Å². The van der Waals surface area contributed by atoms with Crippen molar-refractivity contribution >= 4 is 23.4 Å². The summed E-state index contributed by atoms with van der Waals surface area (Å²) in [5.74, 6) is 1.05. The minimum atomic E-state index is 0.524. The molecule has 4 heteroatoms. The van der Waals surface area contributed by atoms with Crippen LogP contribution in [0.4, 0.5) is 0 Å². The van der Waals surface area contributed by atoms with Gasteiger partial charge < -0.3 is 10.1 Å². The molecule has 1 aromatic rings. The molecular formula is C15H24ClNOS. The minimum Gasteiger partial charge on any atom is -0.385 e. The van der Waals surface area contributed by atoms with Crippen molar-refractivity contribution in [1.29, 1.82) is 0 Å². The minimum absolute atomic E-state index is 0.524. The number of hydrogen-bond acceptors (Lipinski definition) is 3. The molecule has 0 amide bonds. The molecule has 0 radical (unpaired) electrons. The topological polar surface area (TPSA) is 21.3 Å². The predicted molar refractivity (Wildman–Crippen MR) is 85.4 cm³/mol. The Bertz CT molecular complexity index is 349. The SMILES string of the molecule is CCCNC(CCCOC)CSc1ccccc1Cl. The molecule has 2 nitrogen and oxygen atoms in total. The average molecular weight is 302 g/mol. The largest absolute Gasteiger partial charge is 0.385 e. The van der Waals surface area contributed by atoms with Gasteiger partial charge in [0.25, 0.3) is 0 Å². The molecule has 0 saturated heterocycles. The van der Waals surface area contributed by atoms with Gasteiger partial charge in [-0.05, 0) is 37.9 Å². The molecule has 1 atom stereocenters. The number of hydrogen-bond donors (Lipinski definition) is 1. The molecule has 0 saturated carbocycles. The number of benzene rings is 1. The van der Waals surface area contributed by atoms with Gasteiger partial charge >= 0.3 is 0 Å². The van der Waals surface area contributed by atoms with Gasteiger partial charge in [0.2, 0.25) is 0 Å². The molecule has 0 spiro atoms. The van der Waals surface area contributed by atoms with Crippen LogP contribution in [0.1, 0.15) is 26.2 Å². The molecule has 0 bridgehead atoms. The molecule has 1 unspecified atom stereocenters. The highest BCUT2D eigenvalue weighted by Crippen LogP contribution is 2.27. The van der Waals surface area contributed by atoms with Crippen molar-refractivity contribution in [2.24, 2.45) is 0 Å². The highest BCUT2D eigenvalue weighted by atomic mass is 35.5. The molecule has 108 valence electrons. The Morgan fingerprint density at radius 3 is 2.84 bits per heavy atom. The highest BCUT2D eigenvalue weighted by molar-refractivity contribution is 7.99. The van der Waals surface area contributed by atoms with E-state index in [9.17, 15) is 0 Å². The zero-order valence-electron chi connectivity index (χ0n) is 11.8. The number of halogens is 1. The van der Waals surface area contributed by atoms with E-state index in [1.54, 1.807) is 7.11 Å². The van der Waals surface area contributed by atoms with Crippen LogP contribution >= 0.6 is 23.4 Å². The van der Waals surface area contributed by atoms with Crippen LogP contribution in [0.5, 0.6) is 0 Å². The van der Waals surface area contributed by atoms with Gasteiger partial charge in [0.1, 0.15) is 0 Å². The number of rotatable bonds is 10. The van der Waals surface area contributed by atoms with Crippen LogP contribution in [-0.2, 0) is 4.74 Å². The molecule has 0 aliphatic heterocycles. The third kappa shape index (κ3) is 7.21. The Morgan fingerprint density at radius 1 is 1.37 bits per heavy atom. The lowest BCUT2D eigenvalue weighted by Crippen LogP contribution is -2.32. The lowest BCUT2D eigenvalue weighted by Gasteiger charge is -2.18. The lowest BCUT2D eigenvalue weighted by atomic mass is 10.2. The second kappa shape index (κ2) is 10.6. The van der Waals surface area contributed by atoms with Crippen LogP contribution in [-0.4, -0.2) is 32.1 Å². The van der Waals surface area contributed by atoms with E-state index < -0.39 is 0 Å². The molecule has 1 N–H and O–H groups in total. The molecular weight excluding hydrogens is 278 g/mol. The first-order valence-electron chi connectivity index (χ1n) is 6.87. The van der Waals surface area contributed by atoms with Crippen LogP contribution in [0.25, 0.3) is 0 Å². The Hall–Kier alpha value is -0.220. The fourth-order valence-electron chi connectivity index (χ4n) is 1.82. The van der Waals surface area contributed by atoms with Gasteiger partial charge in [-0.15, -0.1) is 11.8 Å². The molecule has 0 heterocycles. The third-order valence-corrected chi connectivity index (χ3v) is 4.54. The number of thioether (sulfide) groups is 1. The van der Waals surface area contributed by atoms with Gasteiger partial charge in [0.15, 0.2) is 0 Å². The fraction of sp³-hybridized carbons (Fsp3) is 0.600. The van der Waals surface area contributed by atoms with Crippen molar-refractivity contribution in [2.45, 2.75) is 37.1 Å². The van der Waals surface area contributed by atoms with Crippen molar-refractivity contribution in [3.8, 4) is 0 Å². The summed E-state index contributed by atoms with van der Waals surface area (Å²) < 4.78 is 5.12. The smallest absolute Gasteiger partial charge is 0.0541 e. The van der Waals surface area contributed by atoms with E-state index in [1.165, 1.54) is 4.90 Å². The van der Waals surface area contributed by atoms with Gasteiger partial charge in [-0.1, -0.05) is 30.7 Å². The van der Waals surface area contributed by atoms with E-state index in [-0.39, 0.29) is 0 Å². The van der Waals surface area contributed by atoms with Gasteiger partial charge in [-0.3, -0.25) is 0 Å². The van der Waals surface area contributed by atoms with Gasteiger partial charge in [-0.2, -0.15) is 0 Å². The maximum atomic E-state index is 6.18. The molecule has 0 aliphatic rings. The second-order valence-electron chi connectivity index (χ2n) is 4.53. The molecule has 0 fully saturated rings. The Morgan fingerprint density at radius 2 is 2.16 bits per heavy atom. The van der Waals surface area contributed by atoms with E-state index in [4.69, 9.17) is 16.3 Å². The number of ether oxygens (including phenoxy) is 1. The second-order valence-corrected chi connectivity index (χ2v) is 6.00. The molecule has 19 heavy (non-hydrogen) atoms. The Kier molecular flexibility index (Phi) is 9.35. The van der Waals surface area contributed by atoms with E-state index >= 15 is 0 Å². The summed E-state index contributed by atoms with van der Waals surface area (Å²) >= 11 is 8.01. The van der Waals surface area contributed by atoms with Gasteiger partial charge in [0, 0.05) is 30.4 Å². The zero-order valence-corrected chi connectivity index (χ0v) is 13.4. The van der Waals surface area contributed by atoms with Crippen molar-refractivity contribution < 1.29 is 4.74 Å². The summed E-state index contributed by atoms with van der Waals surface area (Å²) in [7, 11) is 1.76.